The second-order valence-electron chi connectivity index (χ2n) is 14.3. The third-order valence-electron chi connectivity index (χ3n) is 9.22. The van der Waals surface area contributed by atoms with Crippen LogP contribution in [0.5, 0.6) is 0 Å². The molecule has 0 radical (unpaired) electrons. The standard InChI is InChI=1S/C29H46N6O6Si2/c1-28(2,3)42(7,8)39-17-22-21(41-43(9,10)29(4,5)6)15-23(40-22)34-18-31-24-25(34)32-27(33-26(24)36)30-16-19-13-11-12-14-20(19)35(37)38/h11-14,18,21-23H,15-17H2,1-10H3,(H2,30,32,33,36)/t21?,22-,23-/m1/s1. The number of ether oxygens (including phenoxy) is 1. The highest BCUT2D eigenvalue weighted by Gasteiger charge is 2.47. The van der Waals surface area contributed by atoms with Crippen molar-refractivity contribution in [2.45, 2.75) is 109 Å². The third kappa shape index (κ3) is 7.09. The maximum Gasteiger partial charge on any atom is 0.280 e. The summed E-state index contributed by atoms with van der Waals surface area (Å²) in [5.74, 6) is 0.183. The zero-order chi connectivity index (χ0) is 32.0. The highest BCUT2D eigenvalue weighted by atomic mass is 28.4. The first kappa shape index (κ1) is 33.0. The van der Waals surface area contributed by atoms with Crippen LogP contribution < -0.4 is 10.9 Å². The lowest BCUT2D eigenvalue weighted by Crippen LogP contribution is -2.48. The zero-order valence-corrected chi connectivity index (χ0v) is 29.0. The van der Waals surface area contributed by atoms with Gasteiger partial charge < -0.3 is 18.9 Å². The van der Waals surface area contributed by atoms with E-state index in [1.807, 2.05) is 0 Å². The van der Waals surface area contributed by atoms with Crippen molar-refractivity contribution in [3.05, 3.63) is 56.6 Å². The van der Waals surface area contributed by atoms with Gasteiger partial charge in [0.2, 0.25) is 5.95 Å². The van der Waals surface area contributed by atoms with E-state index in [1.54, 1.807) is 29.1 Å². The molecule has 14 heteroatoms. The van der Waals surface area contributed by atoms with Gasteiger partial charge in [-0.25, -0.2) is 4.98 Å². The van der Waals surface area contributed by atoms with Gasteiger partial charge in [0.25, 0.3) is 11.2 Å². The molecule has 43 heavy (non-hydrogen) atoms. The van der Waals surface area contributed by atoms with Crippen molar-refractivity contribution >= 4 is 39.4 Å². The Kier molecular flexibility index (Phi) is 9.11. The molecule has 2 aromatic heterocycles. The van der Waals surface area contributed by atoms with Crippen molar-refractivity contribution in [2.24, 2.45) is 0 Å². The molecule has 3 heterocycles. The van der Waals surface area contributed by atoms with Crippen molar-refractivity contribution in [2.75, 3.05) is 11.9 Å². The molecule has 0 bridgehead atoms. The van der Waals surface area contributed by atoms with Crippen LogP contribution >= 0.6 is 0 Å². The molecule has 4 rings (SSSR count). The summed E-state index contributed by atoms with van der Waals surface area (Å²) in [6.07, 6.45) is 1.15. The lowest BCUT2D eigenvalue weighted by atomic mass is 10.2. The van der Waals surface area contributed by atoms with Gasteiger partial charge in [0.15, 0.2) is 27.8 Å². The van der Waals surface area contributed by atoms with E-state index in [2.05, 4.69) is 88.0 Å². The van der Waals surface area contributed by atoms with Gasteiger partial charge in [-0.15, -0.1) is 0 Å². The summed E-state index contributed by atoms with van der Waals surface area (Å²) in [4.78, 5) is 35.6. The van der Waals surface area contributed by atoms with Gasteiger partial charge in [-0.05, 0) is 36.3 Å². The number of para-hydroxylation sites is 1. The fourth-order valence-corrected chi connectivity index (χ4v) is 6.82. The Balaban J connectivity index is 1.62. The van der Waals surface area contributed by atoms with Crippen molar-refractivity contribution in [3.8, 4) is 0 Å². The summed E-state index contributed by atoms with van der Waals surface area (Å²) in [5, 5.41) is 14.5. The molecule has 1 aliphatic heterocycles. The predicted molar refractivity (Wildman–Crippen MR) is 172 cm³/mol. The van der Waals surface area contributed by atoms with E-state index in [4.69, 9.17) is 13.6 Å². The maximum absolute atomic E-state index is 13.0. The minimum atomic E-state index is -2.14. The molecular weight excluding hydrogens is 585 g/mol. The summed E-state index contributed by atoms with van der Waals surface area (Å²) < 4.78 is 21.9. The Bertz CT molecular complexity index is 1520. The number of nitro groups is 1. The van der Waals surface area contributed by atoms with Crippen LogP contribution in [-0.4, -0.2) is 59.9 Å². The quantitative estimate of drug-likeness (QED) is 0.149. The van der Waals surface area contributed by atoms with Gasteiger partial charge in [0, 0.05) is 24.6 Å². The number of nitrogens with one attached hydrogen (secondary N) is 2. The van der Waals surface area contributed by atoms with Gasteiger partial charge in [-0.2, -0.15) is 4.98 Å². The fraction of sp³-hybridized carbons (Fsp3) is 0.621. The van der Waals surface area contributed by atoms with E-state index in [0.29, 0.717) is 24.2 Å². The molecule has 2 N–H and O–H groups in total. The predicted octanol–water partition coefficient (Wildman–Crippen LogP) is 6.34. The number of nitrogens with zero attached hydrogens (tertiary/aromatic N) is 4. The van der Waals surface area contributed by atoms with Gasteiger partial charge in [-0.1, -0.05) is 59.7 Å². The number of fused-ring (bicyclic) bond motifs is 1. The highest BCUT2D eigenvalue weighted by Crippen LogP contribution is 2.42. The van der Waals surface area contributed by atoms with E-state index in [0.717, 1.165) is 0 Å². The van der Waals surface area contributed by atoms with Crippen LogP contribution in [-0.2, 0) is 20.1 Å². The molecule has 0 spiro atoms. The molecule has 1 aliphatic rings. The first-order valence-electron chi connectivity index (χ1n) is 14.7. The number of rotatable bonds is 10. The number of benzene rings is 1. The first-order chi connectivity index (χ1) is 19.8. The van der Waals surface area contributed by atoms with E-state index in [1.165, 1.54) is 6.07 Å². The van der Waals surface area contributed by atoms with E-state index in [-0.39, 0.29) is 46.0 Å². The number of aromatic nitrogens is 4. The van der Waals surface area contributed by atoms with E-state index >= 15 is 0 Å². The smallest absolute Gasteiger partial charge is 0.280 e. The van der Waals surface area contributed by atoms with Gasteiger partial charge in [0.1, 0.15) is 12.3 Å². The van der Waals surface area contributed by atoms with Crippen LogP contribution in [0.15, 0.2) is 35.4 Å². The van der Waals surface area contributed by atoms with Crippen LogP contribution in [0.2, 0.25) is 36.3 Å². The molecule has 3 atom stereocenters. The van der Waals surface area contributed by atoms with Crippen molar-refractivity contribution in [3.63, 3.8) is 0 Å². The number of hydrogen-bond acceptors (Lipinski definition) is 9. The number of anilines is 1. The topological polar surface area (TPSA) is 146 Å². The number of imidazole rings is 1. The normalized spacial score (nSPS) is 20.1. The lowest BCUT2D eigenvalue weighted by molar-refractivity contribution is -0.385. The van der Waals surface area contributed by atoms with E-state index < -0.39 is 33.3 Å². The third-order valence-corrected chi connectivity index (χ3v) is 18.2. The lowest BCUT2D eigenvalue weighted by Gasteiger charge is -2.40. The molecule has 3 aromatic rings. The summed E-state index contributed by atoms with van der Waals surface area (Å²) in [5.41, 5.74) is 0.580. The number of H-pyrrole nitrogens is 1. The Morgan fingerprint density at radius 3 is 2.40 bits per heavy atom. The number of nitro benzene ring substituents is 1. The molecule has 1 aromatic carbocycles. The van der Waals surface area contributed by atoms with Crippen LogP contribution in [0, 0.1) is 10.1 Å². The van der Waals surface area contributed by atoms with Crippen molar-refractivity contribution < 1.29 is 18.5 Å². The molecule has 0 amide bonds. The number of aromatic amines is 1. The highest BCUT2D eigenvalue weighted by molar-refractivity contribution is 6.74. The average molecular weight is 631 g/mol. The van der Waals surface area contributed by atoms with Crippen LogP contribution in [0.25, 0.3) is 11.2 Å². The first-order valence-corrected chi connectivity index (χ1v) is 20.5. The summed E-state index contributed by atoms with van der Waals surface area (Å²) >= 11 is 0. The Morgan fingerprint density at radius 2 is 1.77 bits per heavy atom. The van der Waals surface area contributed by atoms with Gasteiger partial charge in [0.05, 0.1) is 24.0 Å². The second-order valence-corrected chi connectivity index (χ2v) is 23.9. The minimum absolute atomic E-state index is 0.0124. The largest absolute Gasteiger partial charge is 0.414 e. The molecular formula is C29H46N6O6Si2. The van der Waals surface area contributed by atoms with Crippen LogP contribution in [0.4, 0.5) is 11.6 Å². The van der Waals surface area contributed by atoms with Crippen LogP contribution in [0.1, 0.15) is 59.8 Å². The second kappa shape index (κ2) is 11.9. The maximum atomic E-state index is 13.0. The van der Waals surface area contributed by atoms with Crippen molar-refractivity contribution in [1.82, 2.24) is 19.5 Å². The number of hydrogen-bond donors (Lipinski definition) is 2. The van der Waals surface area contributed by atoms with Gasteiger partial charge >= 0.3 is 0 Å². The Hall–Kier alpha value is -2.92. The summed E-state index contributed by atoms with van der Waals surface area (Å²) in [6.45, 7) is 22.7. The molecule has 1 fully saturated rings. The Labute approximate surface area is 255 Å². The van der Waals surface area contributed by atoms with E-state index in [9.17, 15) is 14.9 Å². The Morgan fingerprint density at radius 1 is 1.12 bits per heavy atom. The fourth-order valence-electron chi connectivity index (χ4n) is 4.45. The minimum Gasteiger partial charge on any atom is -0.414 e. The summed E-state index contributed by atoms with van der Waals surface area (Å²) in [7, 11) is -4.19. The molecule has 1 unspecified atom stereocenters. The van der Waals surface area contributed by atoms with Gasteiger partial charge in [-0.3, -0.25) is 24.5 Å². The SMILES string of the molecule is CC(C)(C)[Si](C)(C)OC[C@H]1O[C@@H](n2cnc3c(=O)[nH]c(NCc4ccccc4[N+](=O)[O-])nc32)CC1O[Si](C)(C)C(C)(C)C. The zero-order valence-electron chi connectivity index (χ0n) is 27.0. The molecule has 0 saturated carbocycles. The molecule has 12 nitrogen and oxygen atoms in total. The molecule has 1 saturated heterocycles. The average Bonchev–Trinajstić information content (AvgIpc) is 3.49. The van der Waals surface area contributed by atoms with Crippen molar-refractivity contribution in [1.29, 1.82) is 0 Å². The summed E-state index contributed by atoms with van der Waals surface area (Å²) in [6, 6.07) is 6.44. The van der Waals surface area contributed by atoms with Crippen LogP contribution in [0.3, 0.4) is 0 Å². The monoisotopic (exact) mass is 630 g/mol. The molecule has 0 aliphatic carbocycles. The molecule has 236 valence electrons.